The standard InChI is InChI=1S/C19H39NO2/c1-3-4-5-6-7-8-9-10-11-12-13-14-15-18(19(20)22)17(2)16-21/h17-18,21H,3-16H2,1-2H3,(H2,20,22). The SMILES string of the molecule is CCCCCCCCCCCCCCC(C(N)=O)C(C)CO. The lowest BCUT2D eigenvalue weighted by atomic mass is 9.88. The second-order valence-electron chi connectivity index (χ2n) is 6.85. The monoisotopic (exact) mass is 313 g/mol. The third-order valence-corrected chi connectivity index (χ3v) is 4.71. The average molecular weight is 314 g/mol. The van der Waals surface area contributed by atoms with E-state index in [0.29, 0.717) is 0 Å². The molecule has 0 saturated carbocycles. The lowest BCUT2D eigenvalue weighted by molar-refractivity contribution is -0.124. The summed E-state index contributed by atoms with van der Waals surface area (Å²) in [6.45, 7) is 4.21. The number of aliphatic hydroxyl groups is 1. The van der Waals surface area contributed by atoms with Gasteiger partial charge in [-0.05, 0) is 12.3 Å². The molecule has 2 atom stereocenters. The van der Waals surface area contributed by atoms with Gasteiger partial charge in [0.25, 0.3) is 0 Å². The molecule has 0 rings (SSSR count). The van der Waals surface area contributed by atoms with Crippen LogP contribution in [0.15, 0.2) is 0 Å². The third-order valence-electron chi connectivity index (χ3n) is 4.71. The number of hydrogen-bond donors (Lipinski definition) is 2. The van der Waals surface area contributed by atoms with Gasteiger partial charge in [0.15, 0.2) is 0 Å². The van der Waals surface area contributed by atoms with Gasteiger partial charge in [0.1, 0.15) is 0 Å². The van der Waals surface area contributed by atoms with Gasteiger partial charge in [-0.1, -0.05) is 90.9 Å². The number of aliphatic hydroxyl groups excluding tert-OH is 1. The molecule has 0 aliphatic carbocycles. The number of primary amides is 1. The molecule has 0 aliphatic rings. The number of hydrogen-bond acceptors (Lipinski definition) is 2. The van der Waals surface area contributed by atoms with E-state index in [1.807, 2.05) is 6.92 Å². The highest BCUT2D eigenvalue weighted by atomic mass is 16.3. The number of rotatable bonds is 16. The van der Waals surface area contributed by atoms with Gasteiger partial charge in [0.2, 0.25) is 5.91 Å². The van der Waals surface area contributed by atoms with Crippen LogP contribution in [-0.2, 0) is 4.79 Å². The molecule has 0 aromatic carbocycles. The number of unbranched alkanes of at least 4 members (excludes halogenated alkanes) is 11. The Hall–Kier alpha value is -0.570. The van der Waals surface area contributed by atoms with Gasteiger partial charge < -0.3 is 10.8 Å². The first-order chi connectivity index (χ1) is 10.6. The van der Waals surface area contributed by atoms with Crippen LogP contribution in [0, 0.1) is 11.8 Å². The first-order valence-corrected chi connectivity index (χ1v) is 9.53. The van der Waals surface area contributed by atoms with Crippen molar-refractivity contribution >= 4 is 5.91 Å². The molecule has 132 valence electrons. The topological polar surface area (TPSA) is 63.3 Å². The van der Waals surface area contributed by atoms with Crippen molar-refractivity contribution in [3.8, 4) is 0 Å². The van der Waals surface area contributed by atoms with Gasteiger partial charge in [-0.3, -0.25) is 4.79 Å². The van der Waals surface area contributed by atoms with E-state index in [9.17, 15) is 4.79 Å². The van der Waals surface area contributed by atoms with Crippen molar-refractivity contribution < 1.29 is 9.90 Å². The highest BCUT2D eigenvalue weighted by Gasteiger charge is 2.21. The minimum absolute atomic E-state index is 0.00907. The van der Waals surface area contributed by atoms with Gasteiger partial charge >= 0.3 is 0 Å². The van der Waals surface area contributed by atoms with Crippen LogP contribution in [0.5, 0.6) is 0 Å². The number of nitrogens with two attached hydrogens (primary N) is 1. The quantitative estimate of drug-likeness (QED) is 0.402. The first-order valence-electron chi connectivity index (χ1n) is 9.53. The molecule has 1 amide bonds. The van der Waals surface area contributed by atoms with Crippen LogP contribution in [0.3, 0.4) is 0 Å². The van der Waals surface area contributed by atoms with Crippen LogP contribution in [-0.4, -0.2) is 17.6 Å². The van der Waals surface area contributed by atoms with Gasteiger partial charge in [0.05, 0.1) is 0 Å². The Kier molecular flexibility index (Phi) is 14.9. The summed E-state index contributed by atoms with van der Waals surface area (Å²) in [5.41, 5.74) is 5.40. The summed E-state index contributed by atoms with van der Waals surface area (Å²) in [5, 5.41) is 9.14. The minimum Gasteiger partial charge on any atom is -0.396 e. The molecular formula is C19H39NO2. The molecule has 2 unspecified atom stereocenters. The molecule has 0 heterocycles. The average Bonchev–Trinajstić information content (AvgIpc) is 2.51. The maximum Gasteiger partial charge on any atom is 0.220 e. The molecule has 0 bridgehead atoms. The summed E-state index contributed by atoms with van der Waals surface area (Å²) in [5.74, 6) is -0.428. The van der Waals surface area contributed by atoms with Crippen molar-refractivity contribution in [3.05, 3.63) is 0 Å². The first kappa shape index (κ1) is 21.4. The molecule has 3 nitrogen and oxygen atoms in total. The zero-order valence-electron chi connectivity index (χ0n) is 15.0. The van der Waals surface area contributed by atoms with Crippen LogP contribution >= 0.6 is 0 Å². The number of carbonyl (C=O) groups excluding carboxylic acids is 1. The predicted molar refractivity (Wildman–Crippen MR) is 94.6 cm³/mol. The van der Waals surface area contributed by atoms with Gasteiger partial charge in [-0.25, -0.2) is 0 Å². The summed E-state index contributed by atoms with van der Waals surface area (Å²) in [4.78, 5) is 11.3. The normalized spacial score (nSPS) is 14.0. The maximum absolute atomic E-state index is 11.3. The molecule has 0 saturated heterocycles. The Morgan fingerprint density at radius 3 is 1.64 bits per heavy atom. The molecule has 0 aromatic heterocycles. The Balaban J connectivity index is 3.37. The Labute approximate surface area is 138 Å². The lowest BCUT2D eigenvalue weighted by Gasteiger charge is -2.18. The zero-order valence-corrected chi connectivity index (χ0v) is 15.0. The summed E-state index contributed by atoms with van der Waals surface area (Å²) in [6.07, 6.45) is 16.7. The van der Waals surface area contributed by atoms with Crippen molar-refractivity contribution in [2.75, 3.05) is 6.61 Å². The van der Waals surface area contributed by atoms with Gasteiger partial charge in [-0.15, -0.1) is 0 Å². The summed E-state index contributed by atoms with van der Waals surface area (Å²) in [6, 6.07) is 0. The Morgan fingerprint density at radius 1 is 0.864 bits per heavy atom. The highest BCUT2D eigenvalue weighted by molar-refractivity contribution is 5.76. The molecule has 3 N–H and O–H groups in total. The van der Waals surface area contributed by atoms with E-state index in [1.165, 1.54) is 70.6 Å². The molecule has 0 radical (unpaired) electrons. The summed E-state index contributed by atoms with van der Waals surface area (Å²) in [7, 11) is 0. The predicted octanol–water partition coefficient (Wildman–Crippen LogP) is 4.81. The third kappa shape index (κ3) is 12.0. The van der Waals surface area contributed by atoms with Crippen LogP contribution < -0.4 is 5.73 Å². The van der Waals surface area contributed by atoms with Gasteiger partial charge in [-0.2, -0.15) is 0 Å². The van der Waals surface area contributed by atoms with Crippen molar-refractivity contribution in [1.82, 2.24) is 0 Å². The van der Waals surface area contributed by atoms with Crippen LogP contribution in [0.1, 0.15) is 97.3 Å². The summed E-state index contributed by atoms with van der Waals surface area (Å²) >= 11 is 0. The van der Waals surface area contributed by atoms with Crippen LogP contribution in [0.4, 0.5) is 0 Å². The van der Waals surface area contributed by atoms with Crippen molar-refractivity contribution in [3.63, 3.8) is 0 Å². The Bertz CT molecular complexity index is 256. The fraction of sp³-hybridized carbons (Fsp3) is 0.947. The Morgan fingerprint density at radius 2 is 1.27 bits per heavy atom. The van der Waals surface area contributed by atoms with E-state index in [0.717, 1.165) is 12.8 Å². The maximum atomic E-state index is 11.3. The second-order valence-corrected chi connectivity index (χ2v) is 6.85. The van der Waals surface area contributed by atoms with Crippen LogP contribution in [0.25, 0.3) is 0 Å². The molecule has 0 aromatic rings. The van der Waals surface area contributed by atoms with Gasteiger partial charge in [0, 0.05) is 12.5 Å². The number of carbonyl (C=O) groups is 1. The van der Waals surface area contributed by atoms with E-state index in [4.69, 9.17) is 10.8 Å². The molecule has 22 heavy (non-hydrogen) atoms. The van der Waals surface area contributed by atoms with E-state index >= 15 is 0 Å². The molecule has 3 heteroatoms. The largest absolute Gasteiger partial charge is 0.396 e. The van der Waals surface area contributed by atoms with Crippen molar-refractivity contribution in [1.29, 1.82) is 0 Å². The molecular weight excluding hydrogens is 274 g/mol. The molecule has 0 fully saturated rings. The zero-order chi connectivity index (χ0) is 16.6. The molecule has 0 aliphatic heterocycles. The van der Waals surface area contributed by atoms with Crippen molar-refractivity contribution in [2.45, 2.75) is 97.3 Å². The van der Waals surface area contributed by atoms with E-state index in [1.54, 1.807) is 0 Å². The van der Waals surface area contributed by atoms with E-state index < -0.39 is 0 Å². The fourth-order valence-corrected chi connectivity index (χ4v) is 3.04. The minimum atomic E-state index is -0.260. The van der Waals surface area contributed by atoms with Crippen LogP contribution in [0.2, 0.25) is 0 Å². The second kappa shape index (κ2) is 15.3. The lowest BCUT2D eigenvalue weighted by Crippen LogP contribution is -2.30. The summed E-state index contributed by atoms with van der Waals surface area (Å²) < 4.78 is 0. The smallest absolute Gasteiger partial charge is 0.220 e. The van der Waals surface area contributed by atoms with Crippen molar-refractivity contribution in [2.24, 2.45) is 17.6 Å². The highest BCUT2D eigenvalue weighted by Crippen LogP contribution is 2.19. The number of amides is 1. The van der Waals surface area contributed by atoms with E-state index in [2.05, 4.69) is 6.92 Å². The molecule has 0 spiro atoms. The fourth-order valence-electron chi connectivity index (χ4n) is 3.04. The van der Waals surface area contributed by atoms with E-state index in [-0.39, 0.29) is 24.3 Å².